The Balaban J connectivity index is 1.52. The Hall–Kier alpha value is -1.88. The summed E-state index contributed by atoms with van der Waals surface area (Å²) < 4.78 is 0. The molecule has 2 amide bonds. The largest absolute Gasteiger partial charge is 0.342 e. The van der Waals surface area contributed by atoms with Crippen molar-refractivity contribution in [3.05, 3.63) is 35.9 Å². The third kappa shape index (κ3) is 4.09. The molecule has 2 fully saturated rings. The van der Waals surface area contributed by atoms with E-state index in [1.807, 2.05) is 24.9 Å². The average Bonchev–Trinajstić information content (AvgIpc) is 3.06. The van der Waals surface area contributed by atoms with Crippen LogP contribution in [0.1, 0.15) is 38.7 Å². The van der Waals surface area contributed by atoms with Gasteiger partial charge >= 0.3 is 0 Å². The van der Waals surface area contributed by atoms with E-state index in [1.54, 1.807) is 11.8 Å². The molecule has 26 heavy (non-hydrogen) atoms. The lowest BCUT2D eigenvalue weighted by molar-refractivity contribution is -0.142. The first-order valence-corrected chi connectivity index (χ1v) is 9.68. The van der Waals surface area contributed by atoms with Gasteiger partial charge in [0, 0.05) is 52.7 Å². The van der Waals surface area contributed by atoms with E-state index >= 15 is 0 Å². The zero-order valence-electron chi connectivity index (χ0n) is 16.3. The van der Waals surface area contributed by atoms with E-state index in [9.17, 15) is 9.59 Å². The Morgan fingerprint density at radius 1 is 1.15 bits per heavy atom. The van der Waals surface area contributed by atoms with E-state index in [4.69, 9.17) is 0 Å². The van der Waals surface area contributed by atoms with Gasteiger partial charge in [-0.1, -0.05) is 30.3 Å². The number of likely N-dealkylation sites (tertiary alicyclic amines) is 2. The van der Waals surface area contributed by atoms with Gasteiger partial charge in [-0.15, -0.1) is 0 Å². The third-order valence-electron chi connectivity index (χ3n) is 6.11. The molecule has 0 spiro atoms. The Morgan fingerprint density at radius 3 is 2.38 bits per heavy atom. The lowest BCUT2D eigenvalue weighted by Gasteiger charge is -2.39. The maximum atomic E-state index is 13.1. The minimum Gasteiger partial charge on any atom is -0.342 e. The molecule has 0 bridgehead atoms. The van der Waals surface area contributed by atoms with Gasteiger partial charge in [0.15, 0.2) is 0 Å². The van der Waals surface area contributed by atoms with Gasteiger partial charge < -0.3 is 9.80 Å². The van der Waals surface area contributed by atoms with Crippen LogP contribution in [0.5, 0.6) is 0 Å². The highest BCUT2D eigenvalue weighted by Crippen LogP contribution is 2.33. The van der Waals surface area contributed by atoms with Crippen LogP contribution >= 0.6 is 0 Å². The lowest BCUT2D eigenvalue weighted by atomic mass is 9.87. The number of hydrogen-bond acceptors (Lipinski definition) is 3. The molecular weight excluding hydrogens is 326 g/mol. The second kappa shape index (κ2) is 7.78. The van der Waals surface area contributed by atoms with Crippen molar-refractivity contribution in [3.8, 4) is 0 Å². The van der Waals surface area contributed by atoms with Gasteiger partial charge in [0.25, 0.3) is 0 Å². The molecule has 0 radical (unpaired) electrons. The number of carbonyl (C=O) groups excluding carboxylic acids is 2. The Kier molecular flexibility index (Phi) is 5.66. The summed E-state index contributed by atoms with van der Waals surface area (Å²) in [6, 6.07) is 10.9. The van der Waals surface area contributed by atoms with E-state index in [2.05, 4.69) is 29.2 Å². The molecular formula is C21H31N3O2. The number of carbonyl (C=O) groups is 2. The summed E-state index contributed by atoms with van der Waals surface area (Å²) in [5.41, 5.74) is 0.917. The van der Waals surface area contributed by atoms with Crippen molar-refractivity contribution in [2.24, 2.45) is 5.41 Å². The molecule has 1 aromatic carbocycles. The van der Waals surface area contributed by atoms with Crippen molar-refractivity contribution in [2.75, 3.05) is 33.2 Å². The first kappa shape index (κ1) is 18.9. The lowest BCUT2D eigenvalue weighted by Crippen LogP contribution is -2.50. The van der Waals surface area contributed by atoms with Crippen LogP contribution in [-0.4, -0.2) is 65.8 Å². The molecule has 2 heterocycles. The number of piperidine rings is 1. The second-order valence-corrected chi connectivity index (χ2v) is 8.16. The SMILES string of the molecule is CC(=O)N1CCC(C)(C(=O)N(C)C2CCN(Cc3ccccc3)CC2)C1. The van der Waals surface area contributed by atoms with Crippen LogP contribution in [-0.2, 0) is 16.1 Å². The standard InChI is InChI=1S/C21H31N3O2/c1-17(25)24-14-11-21(2,16-24)20(26)22(3)19-9-12-23(13-10-19)15-18-7-5-4-6-8-18/h4-8,19H,9-16H2,1-3H3. The van der Waals surface area contributed by atoms with Gasteiger partial charge in [-0.25, -0.2) is 0 Å². The van der Waals surface area contributed by atoms with E-state index in [0.717, 1.165) is 38.9 Å². The van der Waals surface area contributed by atoms with Crippen molar-refractivity contribution in [2.45, 2.75) is 45.7 Å². The summed E-state index contributed by atoms with van der Waals surface area (Å²) >= 11 is 0. The number of rotatable bonds is 4. The van der Waals surface area contributed by atoms with Crippen molar-refractivity contribution < 1.29 is 9.59 Å². The van der Waals surface area contributed by atoms with E-state index in [-0.39, 0.29) is 11.8 Å². The number of hydrogen-bond donors (Lipinski definition) is 0. The predicted octanol–water partition coefficient (Wildman–Crippen LogP) is 2.37. The van der Waals surface area contributed by atoms with Crippen LogP contribution in [0.2, 0.25) is 0 Å². The minimum absolute atomic E-state index is 0.0680. The van der Waals surface area contributed by atoms with Crippen LogP contribution in [0.4, 0.5) is 0 Å². The molecule has 0 aliphatic carbocycles. The van der Waals surface area contributed by atoms with Gasteiger partial charge in [-0.05, 0) is 31.7 Å². The van der Waals surface area contributed by atoms with Crippen LogP contribution < -0.4 is 0 Å². The van der Waals surface area contributed by atoms with Gasteiger partial charge in [0.2, 0.25) is 11.8 Å². The van der Waals surface area contributed by atoms with Crippen LogP contribution in [0.25, 0.3) is 0 Å². The smallest absolute Gasteiger partial charge is 0.230 e. The monoisotopic (exact) mass is 357 g/mol. The quantitative estimate of drug-likeness (QED) is 0.831. The molecule has 5 heteroatoms. The third-order valence-corrected chi connectivity index (χ3v) is 6.11. The zero-order valence-corrected chi connectivity index (χ0v) is 16.3. The highest BCUT2D eigenvalue weighted by atomic mass is 16.2. The van der Waals surface area contributed by atoms with Gasteiger partial charge in [-0.3, -0.25) is 14.5 Å². The fraction of sp³-hybridized carbons (Fsp3) is 0.619. The van der Waals surface area contributed by atoms with Gasteiger partial charge in [0.05, 0.1) is 5.41 Å². The first-order valence-electron chi connectivity index (χ1n) is 9.68. The maximum absolute atomic E-state index is 13.1. The average molecular weight is 357 g/mol. The summed E-state index contributed by atoms with van der Waals surface area (Å²) in [6.07, 6.45) is 2.80. The second-order valence-electron chi connectivity index (χ2n) is 8.16. The molecule has 0 saturated carbocycles. The molecule has 1 unspecified atom stereocenters. The van der Waals surface area contributed by atoms with Crippen LogP contribution in [0.3, 0.4) is 0 Å². The van der Waals surface area contributed by atoms with Crippen molar-refractivity contribution >= 4 is 11.8 Å². The van der Waals surface area contributed by atoms with Gasteiger partial charge in [0.1, 0.15) is 0 Å². The molecule has 0 aromatic heterocycles. The molecule has 1 aromatic rings. The highest BCUT2D eigenvalue weighted by Gasteiger charge is 2.44. The molecule has 2 aliphatic heterocycles. The summed E-state index contributed by atoms with van der Waals surface area (Å²) in [7, 11) is 1.95. The van der Waals surface area contributed by atoms with Crippen LogP contribution in [0.15, 0.2) is 30.3 Å². The molecule has 3 rings (SSSR count). The van der Waals surface area contributed by atoms with E-state index in [1.165, 1.54) is 5.56 Å². The molecule has 0 N–H and O–H groups in total. The van der Waals surface area contributed by atoms with Crippen molar-refractivity contribution in [1.82, 2.24) is 14.7 Å². The Morgan fingerprint density at radius 2 is 1.81 bits per heavy atom. The maximum Gasteiger partial charge on any atom is 0.230 e. The first-order chi connectivity index (χ1) is 12.4. The topological polar surface area (TPSA) is 43.9 Å². The number of benzene rings is 1. The molecule has 1 atom stereocenters. The van der Waals surface area contributed by atoms with E-state index in [0.29, 0.717) is 19.1 Å². The number of amides is 2. The molecule has 142 valence electrons. The summed E-state index contributed by atoms with van der Waals surface area (Å²) in [5.74, 6) is 0.265. The van der Waals surface area contributed by atoms with Crippen molar-refractivity contribution in [1.29, 1.82) is 0 Å². The fourth-order valence-electron chi connectivity index (χ4n) is 4.30. The fourth-order valence-corrected chi connectivity index (χ4v) is 4.30. The summed E-state index contributed by atoms with van der Waals surface area (Å²) in [6.45, 7) is 7.87. The van der Waals surface area contributed by atoms with Gasteiger partial charge in [-0.2, -0.15) is 0 Å². The zero-order chi connectivity index (χ0) is 18.7. The summed E-state index contributed by atoms with van der Waals surface area (Å²) in [5, 5.41) is 0. The normalized spacial score (nSPS) is 24.7. The predicted molar refractivity (Wildman–Crippen MR) is 102 cm³/mol. The highest BCUT2D eigenvalue weighted by molar-refractivity contribution is 5.84. The van der Waals surface area contributed by atoms with Crippen molar-refractivity contribution in [3.63, 3.8) is 0 Å². The molecule has 5 nitrogen and oxygen atoms in total. The number of nitrogens with zero attached hydrogens (tertiary/aromatic N) is 3. The Labute approximate surface area is 156 Å². The minimum atomic E-state index is -0.429. The summed E-state index contributed by atoms with van der Waals surface area (Å²) in [4.78, 5) is 30.9. The Bertz CT molecular complexity index is 640. The molecule has 2 aliphatic rings. The molecule has 2 saturated heterocycles. The van der Waals surface area contributed by atoms with E-state index < -0.39 is 5.41 Å². The van der Waals surface area contributed by atoms with Crippen LogP contribution in [0, 0.1) is 5.41 Å².